The number of methoxy groups -OCH3 is 2. The number of ether oxygens (including phenoxy) is 4. The first-order valence-corrected chi connectivity index (χ1v) is 19.0. The Morgan fingerprint density at radius 2 is 1.71 bits per heavy atom. The fourth-order valence-corrected chi connectivity index (χ4v) is 11.2. The first-order valence-electron chi connectivity index (χ1n) is 17.6. The third-order valence-electron chi connectivity index (χ3n) is 13.1. The van der Waals surface area contributed by atoms with Crippen LogP contribution in [-0.4, -0.2) is 121 Å². The maximum atomic E-state index is 12.9. The highest BCUT2D eigenvalue weighted by molar-refractivity contribution is 7.80. The lowest BCUT2D eigenvalue weighted by atomic mass is 9.43. The monoisotopic (exact) mass is 718 g/mol. The molecule has 0 bridgehead atoms. The van der Waals surface area contributed by atoms with E-state index in [2.05, 4.69) is 0 Å². The number of aliphatic hydroxyl groups excluding tert-OH is 4. The lowest BCUT2D eigenvalue weighted by molar-refractivity contribution is -0.288. The molecule has 3 saturated carbocycles. The van der Waals surface area contributed by atoms with Crippen molar-refractivity contribution in [2.24, 2.45) is 46.3 Å². The zero-order valence-electron chi connectivity index (χ0n) is 29.7. The summed E-state index contributed by atoms with van der Waals surface area (Å²) in [6.45, 7) is 9.95. The molecule has 49 heavy (non-hydrogen) atoms. The van der Waals surface area contributed by atoms with Crippen molar-refractivity contribution >= 4 is 10.4 Å². The Hall–Kier alpha value is -1.01. The molecule has 16 atom stereocenters. The molecule has 6 N–H and O–H groups in total. The van der Waals surface area contributed by atoms with E-state index in [1.54, 1.807) is 0 Å². The smallest absolute Gasteiger partial charge is 0.396 e. The zero-order valence-corrected chi connectivity index (χ0v) is 30.5. The first-order chi connectivity index (χ1) is 22.9. The van der Waals surface area contributed by atoms with Crippen LogP contribution >= 0.6 is 0 Å². The summed E-state index contributed by atoms with van der Waals surface area (Å²) in [5.74, 6) is -2.15. The van der Waals surface area contributed by atoms with Gasteiger partial charge in [0.2, 0.25) is 0 Å². The second kappa shape index (κ2) is 14.4. The normalized spacial score (nSPS) is 47.0. The van der Waals surface area contributed by atoms with Gasteiger partial charge in [0.15, 0.2) is 6.29 Å². The van der Waals surface area contributed by atoms with Crippen molar-refractivity contribution in [3.05, 3.63) is 23.8 Å². The fourth-order valence-electron chi connectivity index (χ4n) is 10.7. The second-order valence-electron chi connectivity index (χ2n) is 16.0. The molecule has 1 aliphatic heterocycles. The minimum atomic E-state index is -5.02. The van der Waals surface area contributed by atoms with Gasteiger partial charge in [0.05, 0.1) is 30.5 Å². The molecule has 13 nitrogen and oxygen atoms in total. The third kappa shape index (κ3) is 6.95. The molecule has 0 aromatic heterocycles. The predicted molar refractivity (Wildman–Crippen MR) is 177 cm³/mol. The summed E-state index contributed by atoms with van der Waals surface area (Å²) in [7, 11) is -2.08. The summed E-state index contributed by atoms with van der Waals surface area (Å²) in [5.41, 5.74) is -2.48. The molecule has 0 aromatic carbocycles. The topological polar surface area (TPSA) is 202 Å². The van der Waals surface area contributed by atoms with Crippen molar-refractivity contribution < 1.29 is 61.6 Å². The molecule has 282 valence electrons. The van der Waals surface area contributed by atoms with E-state index in [-0.39, 0.29) is 37.4 Å². The van der Waals surface area contributed by atoms with Crippen LogP contribution in [0.15, 0.2) is 23.8 Å². The molecule has 0 radical (unpaired) electrons. The van der Waals surface area contributed by atoms with E-state index < -0.39 is 93.6 Å². The molecule has 2 unspecified atom stereocenters. The van der Waals surface area contributed by atoms with Gasteiger partial charge in [0.25, 0.3) is 0 Å². The van der Waals surface area contributed by atoms with Gasteiger partial charge in [-0.2, -0.15) is 8.42 Å². The van der Waals surface area contributed by atoms with E-state index in [1.165, 1.54) is 14.2 Å². The first kappa shape index (κ1) is 39.2. The summed E-state index contributed by atoms with van der Waals surface area (Å²) >= 11 is 0. The molecule has 4 aliphatic carbocycles. The van der Waals surface area contributed by atoms with E-state index in [0.29, 0.717) is 31.3 Å². The van der Waals surface area contributed by atoms with Crippen molar-refractivity contribution in [1.29, 1.82) is 0 Å². The van der Waals surface area contributed by atoms with Crippen LogP contribution in [0.1, 0.15) is 66.7 Å². The van der Waals surface area contributed by atoms with Crippen LogP contribution in [0.3, 0.4) is 0 Å². The van der Waals surface area contributed by atoms with Crippen molar-refractivity contribution in [2.45, 2.75) is 121 Å². The summed E-state index contributed by atoms with van der Waals surface area (Å²) in [6.07, 6.45) is 0.135. The molecule has 4 fully saturated rings. The predicted octanol–water partition coefficient (Wildman–Crippen LogP) is 2.01. The van der Waals surface area contributed by atoms with Crippen molar-refractivity contribution in [1.82, 2.24) is 0 Å². The van der Waals surface area contributed by atoms with Crippen LogP contribution in [0.25, 0.3) is 0 Å². The molecule has 0 amide bonds. The zero-order chi connectivity index (χ0) is 36.3. The van der Waals surface area contributed by atoms with Crippen LogP contribution in [0, 0.1) is 46.3 Å². The maximum absolute atomic E-state index is 12.9. The number of aliphatic hydroxyl groups is 5. The van der Waals surface area contributed by atoms with Gasteiger partial charge in [-0.15, -0.1) is 0 Å². The molecule has 0 spiro atoms. The standard InChI is InChI=1S/C35H58O13S/c1-18(2)20(16-36)9-8-19(3)26-28(39)29(48-49(41,42)43)31-34(26,5)13-11-25-33(4)12-10-21(14-22(33)23(37)15-35(25,31)40)47-32-30(45-7)27(38)24(44-6)17-46-32/h8-9,14,18-21,23-32,36-40H,10-13,15-17H2,1-7H3,(H,41,42,43)/b9-8+/t19-,20-,21+,23-,24-,25?,26+,27+,28-,29+,30-,31?,32+,33+,34-,35+/m1/s1. The van der Waals surface area contributed by atoms with Gasteiger partial charge in [0.1, 0.15) is 24.4 Å². The van der Waals surface area contributed by atoms with Gasteiger partial charge >= 0.3 is 10.4 Å². The summed E-state index contributed by atoms with van der Waals surface area (Å²) < 4.78 is 62.5. The Morgan fingerprint density at radius 3 is 2.31 bits per heavy atom. The Kier molecular flexibility index (Phi) is 11.5. The third-order valence-corrected chi connectivity index (χ3v) is 13.5. The van der Waals surface area contributed by atoms with E-state index >= 15 is 0 Å². The molecular formula is C35H58O13S. The Labute approximate surface area is 290 Å². The fraction of sp³-hybridized carbons (Fsp3) is 0.886. The molecule has 1 heterocycles. The van der Waals surface area contributed by atoms with Crippen molar-refractivity contribution in [2.75, 3.05) is 27.4 Å². The SMILES string of the molecule is CO[C@H]1[C@H](O[C@@H]2C=C3[C@H](O)C[C@]4(O)C(CC[C@@]5(C)C4[C@@H](OS(=O)(=O)O)[C@H](O)[C@@H]5[C@H](C)/C=C/[C@H](CO)C(C)C)[C@@]3(C)CC2)OC[C@@H](OC)[C@@H]1O. The van der Waals surface area contributed by atoms with Gasteiger partial charge in [-0.25, -0.2) is 4.18 Å². The van der Waals surface area contributed by atoms with Crippen LogP contribution in [0.2, 0.25) is 0 Å². The van der Waals surface area contributed by atoms with Crippen LogP contribution in [0.4, 0.5) is 0 Å². The molecule has 1 saturated heterocycles. The summed E-state index contributed by atoms with van der Waals surface area (Å²) in [5, 5.41) is 57.1. The van der Waals surface area contributed by atoms with Gasteiger partial charge in [0, 0.05) is 39.1 Å². The largest absolute Gasteiger partial charge is 0.397 e. The number of allylic oxidation sites excluding steroid dienone is 1. The average Bonchev–Trinajstić information content (AvgIpc) is 3.23. The molecule has 0 aromatic rings. The Balaban J connectivity index is 1.46. The van der Waals surface area contributed by atoms with Gasteiger partial charge < -0.3 is 44.5 Å². The number of rotatable bonds is 11. The number of hydrogen-bond donors (Lipinski definition) is 6. The molecule has 5 rings (SSSR count). The summed E-state index contributed by atoms with van der Waals surface area (Å²) in [6, 6.07) is 0. The van der Waals surface area contributed by atoms with E-state index in [9.17, 15) is 38.5 Å². The van der Waals surface area contributed by atoms with Crippen LogP contribution < -0.4 is 0 Å². The van der Waals surface area contributed by atoms with Crippen molar-refractivity contribution in [3.63, 3.8) is 0 Å². The quantitative estimate of drug-likeness (QED) is 0.134. The maximum Gasteiger partial charge on any atom is 0.397 e. The van der Waals surface area contributed by atoms with Gasteiger partial charge in [-0.1, -0.05) is 52.8 Å². The molecule has 5 aliphatic rings. The van der Waals surface area contributed by atoms with E-state index in [1.807, 2.05) is 52.8 Å². The van der Waals surface area contributed by atoms with Crippen LogP contribution in [0.5, 0.6) is 0 Å². The lowest BCUT2D eigenvalue weighted by Crippen LogP contribution is -2.66. The highest BCUT2D eigenvalue weighted by Crippen LogP contribution is 2.69. The van der Waals surface area contributed by atoms with E-state index in [4.69, 9.17) is 23.1 Å². The molecular weight excluding hydrogens is 660 g/mol. The molecule has 14 heteroatoms. The second-order valence-corrected chi connectivity index (χ2v) is 17.1. The highest BCUT2D eigenvalue weighted by Gasteiger charge is 2.73. The minimum absolute atomic E-state index is 0.0426. The minimum Gasteiger partial charge on any atom is -0.396 e. The lowest BCUT2D eigenvalue weighted by Gasteiger charge is -2.64. The van der Waals surface area contributed by atoms with Crippen molar-refractivity contribution in [3.8, 4) is 0 Å². The highest BCUT2D eigenvalue weighted by atomic mass is 32.3. The Bertz CT molecular complexity index is 1340. The summed E-state index contributed by atoms with van der Waals surface area (Å²) in [4.78, 5) is 0. The van der Waals surface area contributed by atoms with Crippen LogP contribution in [-0.2, 0) is 33.5 Å². The Morgan fingerprint density at radius 1 is 1.02 bits per heavy atom. The number of hydrogen-bond acceptors (Lipinski definition) is 12. The van der Waals surface area contributed by atoms with E-state index in [0.717, 1.165) is 0 Å². The number of fused-ring (bicyclic) bond motifs is 5. The van der Waals surface area contributed by atoms with Gasteiger partial charge in [-0.05, 0) is 65.8 Å². The average molecular weight is 719 g/mol. The van der Waals surface area contributed by atoms with Gasteiger partial charge in [-0.3, -0.25) is 4.55 Å².